The van der Waals surface area contributed by atoms with Crippen molar-refractivity contribution in [1.29, 1.82) is 0 Å². The van der Waals surface area contributed by atoms with E-state index < -0.39 is 0 Å². The summed E-state index contributed by atoms with van der Waals surface area (Å²) < 4.78 is 1.86. The third kappa shape index (κ3) is 2.26. The van der Waals surface area contributed by atoms with Crippen LogP contribution in [0.2, 0.25) is 0 Å². The number of hydrogen-bond donors (Lipinski definition) is 0. The van der Waals surface area contributed by atoms with E-state index in [0.717, 1.165) is 41.5 Å². The van der Waals surface area contributed by atoms with Gasteiger partial charge in [-0.2, -0.15) is 5.10 Å². The first-order valence-electron chi connectivity index (χ1n) is 7.86. The molecule has 0 bridgehead atoms. The van der Waals surface area contributed by atoms with Crippen molar-refractivity contribution in [1.82, 2.24) is 24.6 Å². The summed E-state index contributed by atoms with van der Waals surface area (Å²) in [5.41, 5.74) is 2.04. The van der Waals surface area contributed by atoms with Crippen molar-refractivity contribution in [2.45, 2.75) is 46.2 Å². The molecule has 0 aliphatic carbocycles. The van der Waals surface area contributed by atoms with Crippen LogP contribution in [0.15, 0.2) is 0 Å². The van der Waals surface area contributed by atoms with E-state index in [-0.39, 0.29) is 5.54 Å². The molecule has 0 radical (unpaired) electrons. The fraction of sp³-hybridized carbons (Fsp3) is 0.688. The van der Waals surface area contributed by atoms with E-state index in [1.165, 1.54) is 0 Å². The zero-order valence-electron chi connectivity index (χ0n) is 14.7. The molecule has 3 heterocycles. The Morgan fingerprint density at radius 3 is 2.50 bits per heavy atom. The Hall–Kier alpha value is -1.69. The molecule has 3 rings (SSSR count). The number of fused-ring (bicyclic) bond motifs is 1. The molecule has 6 heteroatoms. The Morgan fingerprint density at radius 1 is 1.14 bits per heavy atom. The first-order valence-corrected chi connectivity index (χ1v) is 7.86. The van der Waals surface area contributed by atoms with Crippen LogP contribution in [0.1, 0.15) is 32.3 Å². The van der Waals surface area contributed by atoms with Crippen molar-refractivity contribution in [3.63, 3.8) is 0 Å². The molecule has 0 unspecified atom stereocenters. The SMILES string of the molecule is Cc1nc(N2CC(C)(C)N(C)C[C@@H]2C)c2c(C)nn(C)c2n1. The van der Waals surface area contributed by atoms with Crippen LogP contribution in [0.5, 0.6) is 0 Å². The van der Waals surface area contributed by atoms with Gasteiger partial charge in [0, 0.05) is 31.7 Å². The number of nitrogens with zero attached hydrogens (tertiary/aromatic N) is 6. The van der Waals surface area contributed by atoms with Crippen molar-refractivity contribution in [2.75, 3.05) is 25.0 Å². The number of piperazine rings is 1. The molecule has 2 aromatic rings. The van der Waals surface area contributed by atoms with Gasteiger partial charge in [0.25, 0.3) is 0 Å². The maximum absolute atomic E-state index is 4.78. The molecule has 0 saturated carbocycles. The maximum Gasteiger partial charge on any atom is 0.163 e. The van der Waals surface area contributed by atoms with Gasteiger partial charge in [0.15, 0.2) is 5.65 Å². The van der Waals surface area contributed by atoms with Crippen molar-refractivity contribution in [3.8, 4) is 0 Å². The van der Waals surface area contributed by atoms with E-state index in [0.29, 0.717) is 6.04 Å². The van der Waals surface area contributed by atoms with E-state index in [2.05, 4.69) is 47.7 Å². The minimum absolute atomic E-state index is 0.119. The molecule has 6 nitrogen and oxygen atoms in total. The van der Waals surface area contributed by atoms with Gasteiger partial charge in [-0.05, 0) is 41.7 Å². The van der Waals surface area contributed by atoms with Crippen molar-refractivity contribution in [3.05, 3.63) is 11.5 Å². The van der Waals surface area contributed by atoms with Crippen LogP contribution in [0.3, 0.4) is 0 Å². The van der Waals surface area contributed by atoms with E-state index in [1.54, 1.807) is 0 Å². The monoisotopic (exact) mass is 302 g/mol. The molecule has 2 aromatic heterocycles. The van der Waals surface area contributed by atoms with Crippen LogP contribution in [0.25, 0.3) is 11.0 Å². The minimum Gasteiger partial charge on any atom is -0.350 e. The van der Waals surface area contributed by atoms with Gasteiger partial charge in [-0.1, -0.05) is 0 Å². The molecule has 22 heavy (non-hydrogen) atoms. The summed E-state index contributed by atoms with van der Waals surface area (Å²) >= 11 is 0. The fourth-order valence-electron chi connectivity index (χ4n) is 3.35. The lowest BCUT2D eigenvalue weighted by Gasteiger charge is -2.49. The summed E-state index contributed by atoms with van der Waals surface area (Å²) in [5, 5.41) is 5.62. The Kier molecular flexibility index (Phi) is 3.40. The molecule has 1 fully saturated rings. The highest BCUT2D eigenvalue weighted by molar-refractivity contribution is 5.90. The number of aromatic nitrogens is 4. The molecule has 0 aromatic carbocycles. The molecule has 120 valence electrons. The van der Waals surface area contributed by atoms with Gasteiger partial charge >= 0.3 is 0 Å². The second kappa shape index (κ2) is 4.91. The predicted octanol–water partition coefficient (Wildman–Crippen LogP) is 1.90. The van der Waals surface area contributed by atoms with Crippen LogP contribution in [0, 0.1) is 13.8 Å². The largest absolute Gasteiger partial charge is 0.350 e. The number of aryl methyl sites for hydroxylation is 3. The number of hydrogen-bond acceptors (Lipinski definition) is 5. The van der Waals surface area contributed by atoms with Crippen LogP contribution < -0.4 is 4.90 Å². The highest BCUT2D eigenvalue weighted by atomic mass is 15.4. The molecular weight excluding hydrogens is 276 g/mol. The van der Waals surface area contributed by atoms with Crippen LogP contribution in [-0.4, -0.2) is 56.4 Å². The third-order valence-corrected chi connectivity index (χ3v) is 4.88. The lowest BCUT2D eigenvalue weighted by molar-refractivity contribution is 0.118. The van der Waals surface area contributed by atoms with Crippen molar-refractivity contribution < 1.29 is 0 Å². The average molecular weight is 302 g/mol. The Bertz CT molecular complexity index is 717. The van der Waals surface area contributed by atoms with E-state index in [1.807, 2.05) is 25.6 Å². The molecule has 1 aliphatic heterocycles. The minimum atomic E-state index is 0.119. The summed E-state index contributed by atoms with van der Waals surface area (Å²) in [7, 11) is 4.15. The summed E-state index contributed by atoms with van der Waals surface area (Å²) in [5.74, 6) is 1.83. The van der Waals surface area contributed by atoms with E-state index in [9.17, 15) is 0 Å². The second-order valence-corrected chi connectivity index (χ2v) is 7.17. The standard InChI is InChI=1S/C16H26N6/c1-10-8-20(6)16(4,5)9-22(10)15-13-11(2)19-21(7)14(13)17-12(3)18-15/h10H,8-9H2,1-7H3/t10-/m0/s1. The summed E-state index contributed by atoms with van der Waals surface area (Å²) in [4.78, 5) is 14.2. The maximum atomic E-state index is 4.78. The highest BCUT2D eigenvalue weighted by Gasteiger charge is 2.36. The summed E-state index contributed by atoms with van der Waals surface area (Å²) in [6.45, 7) is 12.8. The molecule has 0 amide bonds. The zero-order chi connectivity index (χ0) is 16.2. The molecule has 1 saturated heterocycles. The van der Waals surface area contributed by atoms with E-state index >= 15 is 0 Å². The quantitative estimate of drug-likeness (QED) is 0.805. The van der Waals surface area contributed by atoms with E-state index in [4.69, 9.17) is 4.98 Å². The van der Waals surface area contributed by atoms with Crippen LogP contribution >= 0.6 is 0 Å². The predicted molar refractivity (Wildman–Crippen MR) is 89.3 cm³/mol. The molecule has 0 spiro atoms. The summed E-state index contributed by atoms with van der Waals surface area (Å²) in [6.07, 6.45) is 0. The number of likely N-dealkylation sites (N-methyl/N-ethyl adjacent to an activating group) is 1. The molecule has 1 atom stereocenters. The highest BCUT2D eigenvalue weighted by Crippen LogP contribution is 2.32. The zero-order valence-corrected chi connectivity index (χ0v) is 14.7. The first-order chi connectivity index (χ1) is 10.2. The summed E-state index contributed by atoms with van der Waals surface area (Å²) in [6, 6.07) is 0.412. The van der Waals surface area contributed by atoms with Gasteiger partial charge in [0.05, 0.1) is 11.1 Å². The number of rotatable bonds is 1. The third-order valence-electron chi connectivity index (χ3n) is 4.88. The lowest BCUT2D eigenvalue weighted by atomic mass is 9.96. The van der Waals surface area contributed by atoms with Gasteiger partial charge in [0.2, 0.25) is 0 Å². The normalized spacial score (nSPS) is 22.5. The van der Waals surface area contributed by atoms with Gasteiger partial charge in [-0.25, -0.2) is 9.97 Å². The topological polar surface area (TPSA) is 50.1 Å². The van der Waals surface area contributed by atoms with Gasteiger partial charge in [0.1, 0.15) is 11.6 Å². The number of anilines is 1. The van der Waals surface area contributed by atoms with Gasteiger partial charge < -0.3 is 4.90 Å². The Morgan fingerprint density at radius 2 is 1.82 bits per heavy atom. The first kappa shape index (κ1) is 15.2. The van der Waals surface area contributed by atoms with Gasteiger partial charge in [-0.15, -0.1) is 0 Å². The molecule has 0 N–H and O–H groups in total. The molecular formula is C16H26N6. The Balaban J connectivity index is 2.17. The fourth-order valence-corrected chi connectivity index (χ4v) is 3.35. The second-order valence-electron chi connectivity index (χ2n) is 7.17. The van der Waals surface area contributed by atoms with Gasteiger partial charge in [-0.3, -0.25) is 9.58 Å². The van der Waals surface area contributed by atoms with Crippen LogP contribution in [-0.2, 0) is 7.05 Å². The average Bonchev–Trinajstić information content (AvgIpc) is 2.69. The van der Waals surface area contributed by atoms with Crippen LogP contribution in [0.4, 0.5) is 5.82 Å². The smallest absolute Gasteiger partial charge is 0.163 e. The van der Waals surface area contributed by atoms with Crippen molar-refractivity contribution in [2.24, 2.45) is 7.05 Å². The van der Waals surface area contributed by atoms with Crippen molar-refractivity contribution >= 4 is 16.9 Å². The molecule has 1 aliphatic rings. The lowest BCUT2D eigenvalue weighted by Crippen LogP contribution is -2.61. The Labute approximate surface area is 132 Å².